The summed E-state index contributed by atoms with van der Waals surface area (Å²) in [6.07, 6.45) is 2.12. The Morgan fingerprint density at radius 2 is 1.96 bits per heavy atom. The van der Waals surface area contributed by atoms with Crippen LogP contribution in [-0.2, 0) is 25.5 Å². The van der Waals surface area contributed by atoms with Crippen molar-refractivity contribution in [1.82, 2.24) is 4.90 Å². The Morgan fingerprint density at radius 3 is 2.54 bits per heavy atom. The van der Waals surface area contributed by atoms with E-state index >= 15 is 0 Å². The Morgan fingerprint density at radius 1 is 1.29 bits per heavy atom. The molecule has 0 saturated carbocycles. The number of anilines is 1. The summed E-state index contributed by atoms with van der Waals surface area (Å²) in [5.74, 6) is -0.439. The van der Waals surface area contributed by atoms with Crippen molar-refractivity contribution in [2.24, 2.45) is 11.8 Å². The van der Waals surface area contributed by atoms with Crippen molar-refractivity contribution in [2.75, 3.05) is 38.7 Å². The van der Waals surface area contributed by atoms with Crippen LogP contribution in [0.4, 0.5) is 5.00 Å². The first kappa shape index (κ1) is 22.4. The molecule has 1 aliphatic heterocycles. The Kier molecular flexibility index (Phi) is 8.44. The number of likely N-dealkylation sites (tertiary alicyclic amines) is 1. The van der Waals surface area contributed by atoms with E-state index in [4.69, 9.17) is 9.47 Å². The number of rotatable bonds is 8. The van der Waals surface area contributed by atoms with Gasteiger partial charge < -0.3 is 14.8 Å². The Hall–Kier alpha value is -1.93. The second kappa shape index (κ2) is 10.6. The van der Waals surface area contributed by atoms with Crippen LogP contribution in [-0.4, -0.2) is 56.1 Å². The second-order valence-electron chi connectivity index (χ2n) is 7.41. The van der Waals surface area contributed by atoms with E-state index in [0.717, 1.165) is 12.0 Å². The van der Waals surface area contributed by atoms with Gasteiger partial charge in [0.25, 0.3) is 0 Å². The van der Waals surface area contributed by atoms with Gasteiger partial charge in [-0.15, -0.1) is 11.3 Å². The third-order valence-electron chi connectivity index (χ3n) is 4.72. The minimum absolute atomic E-state index is 0.0874. The zero-order valence-corrected chi connectivity index (χ0v) is 17.9. The summed E-state index contributed by atoms with van der Waals surface area (Å²) in [6, 6.07) is 0. The fraction of sp³-hybridized carbons (Fsp3) is 0.650. The van der Waals surface area contributed by atoms with Crippen LogP contribution in [0.25, 0.3) is 0 Å². The molecule has 8 heteroatoms. The van der Waals surface area contributed by atoms with Crippen molar-refractivity contribution in [1.29, 1.82) is 0 Å². The molecule has 28 heavy (non-hydrogen) atoms. The SMILES string of the molecule is CCOC(=O)c1c(CC(C)C)csc1NC(=O)CN1CCC(C(=O)OC)CC1. The first-order valence-electron chi connectivity index (χ1n) is 9.73. The molecule has 1 amide bonds. The molecule has 1 aliphatic rings. The van der Waals surface area contributed by atoms with Crippen LogP contribution in [0.5, 0.6) is 0 Å². The van der Waals surface area contributed by atoms with Gasteiger partial charge >= 0.3 is 11.9 Å². The number of piperidine rings is 1. The molecule has 0 unspecified atom stereocenters. The highest BCUT2D eigenvalue weighted by atomic mass is 32.1. The monoisotopic (exact) mass is 410 g/mol. The van der Waals surface area contributed by atoms with Crippen LogP contribution in [0, 0.1) is 11.8 Å². The number of hydrogen-bond donors (Lipinski definition) is 1. The maximum absolute atomic E-state index is 12.5. The number of ether oxygens (including phenoxy) is 2. The molecule has 1 N–H and O–H groups in total. The van der Waals surface area contributed by atoms with Gasteiger partial charge in [-0.2, -0.15) is 0 Å². The molecule has 7 nitrogen and oxygen atoms in total. The predicted molar refractivity (Wildman–Crippen MR) is 109 cm³/mol. The van der Waals surface area contributed by atoms with Crippen molar-refractivity contribution in [3.05, 3.63) is 16.5 Å². The van der Waals surface area contributed by atoms with Gasteiger partial charge in [0.05, 0.1) is 31.7 Å². The molecule has 0 bridgehead atoms. The smallest absolute Gasteiger partial charge is 0.341 e. The molecule has 1 fully saturated rings. The van der Waals surface area contributed by atoms with Gasteiger partial charge in [0, 0.05) is 0 Å². The zero-order chi connectivity index (χ0) is 20.7. The summed E-state index contributed by atoms with van der Waals surface area (Å²) in [6.45, 7) is 7.79. The largest absolute Gasteiger partial charge is 0.469 e. The zero-order valence-electron chi connectivity index (χ0n) is 17.1. The van der Waals surface area contributed by atoms with Gasteiger partial charge in [-0.05, 0) is 56.1 Å². The number of thiophene rings is 1. The summed E-state index contributed by atoms with van der Waals surface area (Å²) in [7, 11) is 1.40. The van der Waals surface area contributed by atoms with E-state index in [9.17, 15) is 14.4 Å². The fourth-order valence-corrected chi connectivity index (χ4v) is 4.34. The highest BCUT2D eigenvalue weighted by Gasteiger charge is 2.27. The third-order valence-corrected chi connectivity index (χ3v) is 5.66. The summed E-state index contributed by atoms with van der Waals surface area (Å²) < 4.78 is 9.98. The number of esters is 2. The van der Waals surface area contributed by atoms with Gasteiger partial charge in [-0.25, -0.2) is 4.79 Å². The van der Waals surface area contributed by atoms with Crippen molar-refractivity contribution in [2.45, 2.75) is 40.0 Å². The van der Waals surface area contributed by atoms with Crippen LogP contribution in [0.3, 0.4) is 0 Å². The van der Waals surface area contributed by atoms with Crippen molar-refractivity contribution >= 4 is 34.2 Å². The van der Waals surface area contributed by atoms with Crippen molar-refractivity contribution in [3.8, 4) is 0 Å². The molecule has 1 aromatic heterocycles. The number of methoxy groups -OCH3 is 1. The van der Waals surface area contributed by atoms with Crippen LogP contribution in [0.2, 0.25) is 0 Å². The van der Waals surface area contributed by atoms with E-state index in [0.29, 0.717) is 49.0 Å². The molecule has 0 aliphatic carbocycles. The molecule has 0 spiro atoms. The second-order valence-corrected chi connectivity index (χ2v) is 8.28. The van der Waals surface area contributed by atoms with Crippen molar-refractivity contribution in [3.63, 3.8) is 0 Å². The number of hydrogen-bond acceptors (Lipinski definition) is 7. The van der Waals surface area contributed by atoms with Gasteiger partial charge in [-0.3, -0.25) is 14.5 Å². The Balaban J connectivity index is 1.99. The molecule has 1 saturated heterocycles. The van der Waals surface area contributed by atoms with E-state index in [1.807, 2.05) is 10.3 Å². The molecule has 0 aromatic carbocycles. The highest BCUT2D eigenvalue weighted by molar-refractivity contribution is 7.15. The van der Waals surface area contributed by atoms with E-state index in [-0.39, 0.29) is 24.3 Å². The lowest BCUT2D eigenvalue weighted by Crippen LogP contribution is -2.41. The Bertz CT molecular complexity index is 693. The molecular weight excluding hydrogens is 380 g/mol. The third kappa shape index (κ3) is 6.04. The average Bonchev–Trinajstić information content (AvgIpc) is 3.03. The summed E-state index contributed by atoms with van der Waals surface area (Å²) >= 11 is 1.36. The molecule has 2 heterocycles. The normalized spacial score (nSPS) is 15.5. The summed E-state index contributed by atoms with van der Waals surface area (Å²) in [4.78, 5) is 38.6. The van der Waals surface area contributed by atoms with Crippen LogP contribution in [0.15, 0.2) is 5.38 Å². The lowest BCUT2D eigenvalue weighted by molar-refractivity contribution is -0.147. The van der Waals surface area contributed by atoms with E-state index in [2.05, 4.69) is 19.2 Å². The van der Waals surface area contributed by atoms with Crippen molar-refractivity contribution < 1.29 is 23.9 Å². The number of carbonyl (C=O) groups excluding carboxylic acids is 3. The minimum atomic E-state index is -0.395. The van der Waals surface area contributed by atoms with Crippen LogP contribution in [0.1, 0.15) is 49.5 Å². The van der Waals surface area contributed by atoms with E-state index in [1.54, 1.807) is 6.92 Å². The quantitative estimate of drug-likeness (QED) is 0.663. The average molecular weight is 411 g/mol. The molecule has 1 aromatic rings. The molecule has 0 atom stereocenters. The van der Waals surface area contributed by atoms with Gasteiger partial charge in [0.2, 0.25) is 5.91 Å². The van der Waals surface area contributed by atoms with Crippen LogP contribution >= 0.6 is 11.3 Å². The lowest BCUT2D eigenvalue weighted by Gasteiger charge is -2.29. The molecule has 156 valence electrons. The first-order chi connectivity index (χ1) is 13.3. The summed E-state index contributed by atoms with van der Waals surface area (Å²) in [5.41, 5.74) is 1.38. The highest BCUT2D eigenvalue weighted by Crippen LogP contribution is 2.31. The van der Waals surface area contributed by atoms with Gasteiger partial charge in [0.1, 0.15) is 5.00 Å². The number of nitrogens with one attached hydrogen (secondary N) is 1. The maximum Gasteiger partial charge on any atom is 0.341 e. The number of carbonyl (C=O) groups is 3. The maximum atomic E-state index is 12.5. The molecular formula is C20H30N2O5S. The topological polar surface area (TPSA) is 84.9 Å². The number of nitrogens with zero attached hydrogens (tertiary/aromatic N) is 1. The van der Waals surface area contributed by atoms with Gasteiger partial charge in [-0.1, -0.05) is 13.8 Å². The standard InChI is InChI=1S/C20H30N2O5S/c1-5-27-20(25)17-15(10-13(2)3)12-28-18(17)21-16(23)11-22-8-6-14(7-9-22)19(24)26-4/h12-14H,5-11H2,1-4H3,(H,21,23). The Labute approximate surface area is 170 Å². The van der Waals surface area contributed by atoms with Gasteiger partial charge in [0.15, 0.2) is 0 Å². The predicted octanol–water partition coefficient (Wildman–Crippen LogP) is 2.95. The molecule has 2 rings (SSSR count). The molecule has 0 radical (unpaired) electrons. The summed E-state index contributed by atoms with van der Waals surface area (Å²) in [5, 5.41) is 5.35. The number of amides is 1. The minimum Gasteiger partial charge on any atom is -0.469 e. The lowest BCUT2D eigenvalue weighted by atomic mass is 9.97. The van der Waals surface area contributed by atoms with Crippen LogP contribution < -0.4 is 5.32 Å². The van der Waals surface area contributed by atoms with E-state index in [1.165, 1.54) is 18.4 Å². The fourth-order valence-electron chi connectivity index (χ4n) is 3.37. The van der Waals surface area contributed by atoms with E-state index < -0.39 is 5.97 Å². The first-order valence-corrected chi connectivity index (χ1v) is 10.6.